The largest absolute Gasteiger partial charge is 0.305 e. The van der Waals surface area contributed by atoms with Crippen molar-refractivity contribution in [1.29, 1.82) is 0 Å². The molecule has 0 spiro atoms. The number of allylic oxidation sites excluding steroid dienone is 2. The minimum absolute atomic E-state index is 0.258. The van der Waals surface area contributed by atoms with E-state index in [4.69, 9.17) is 0 Å². The third-order valence-corrected chi connectivity index (χ3v) is 2.75. The molecule has 0 saturated heterocycles. The molecule has 0 saturated carbocycles. The Morgan fingerprint density at radius 3 is 2.69 bits per heavy atom. The number of rotatable bonds is 3. The molecule has 1 rings (SSSR count). The summed E-state index contributed by atoms with van der Waals surface area (Å²) in [5.41, 5.74) is 1.64. The number of hydrogen-bond acceptors (Lipinski definition) is 1. The second-order valence-corrected chi connectivity index (χ2v) is 4.53. The Kier molecular flexibility index (Phi) is 3.32. The van der Waals surface area contributed by atoms with Crippen molar-refractivity contribution in [3.8, 4) is 0 Å². The molecule has 0 aliphatic heterocycles. The normalized spacial score (nSPS) is 23.1. The first-order valence-corrected chi connectivity index (χ1v) is 5.16. The van der Waals surface area contributed by atoms with Crippen LogP contribution in [-0.4, -0.2) is 11.6 Å². The highest BCUT2D eigenvalue weighted by atomic mass is 15.0. The van der Waals surface area contributed by atoms with Gasteiger partial charge in [0.05, 0.1) is 0 Å². The van der Waals surface area contributed by atoms with E-state index in [-0.39, 0.29) is 5.54 Å². The predicted molar refractivity (Wildman–Crippen MR) is 58.8 cm³/mol. The zero-order valence-electron chi connectivity index (χ0n) is 9.22. The van der Waals surface area contributed by atoms with Crippen LogP contribution in [0.5, 0.6) is 0 Å². The summed E-state index contributed by atoms with van der Waals surface area (Å²) in [6.45, 7) is 8.89. The van der Waals surface area contributed by atoms with E-state index < -0.39 is 0 Å². The summed E-state index contributed by atoms with van der Waals surface area (Å²) in [4.78, 5) is 0. The molecule has 0 heterocycles. The molecular formula is C12H21N. The van der Waals surface area contributed by atoms with Crippen LogP contribution in [0.25, 0.3) is 0 Å². The van der Waals surface area contributed by atoms with E-state index in [2.05, 4.69) is 51.2 Å². The quantitative estimate of drug-likeness (QED) is 0.702. The average Bonchev–Trinajstić information content (AvgIpc) is 2.09. The predicted octanol–water partition coefficient (Wildman–Crippen LogP) is 3.04. The number of hydrogen-bond donors (Lipinski definition) is 1. The van der Waals surface area contributed by atoms with Crippen LogP contribution in [-0.2, 0) is 0 Å². The van der Waals surface area contributed by atoms with Gasteiger partial charge in [-0.25, -0.2) is 0 Å². The third kappa shape index (κ3) is 3.35. The van der Waals surface area contributed by atoms with Gasteiger partial charge in [0.15, 0.2) is 0 Å². The van der Waals surface area contributed by atoms with E-state index in [1.54, 1.807) is 0 Å². The van der Waals surface area contributed by atoms with Crippen molar-refractivity contribution in [3.05, 3.63) is 23.8 Å². The van der Waals surface area contributed by atoms with Gasteiger partial charge in [-0.05, 0) is 33.6 Å². The summed E-state index contributed by atoms with van der Waals surface area (Å²) in [6, 6.07) is 0.527. The summed E-state index contributed by atoms with van der Waals surface area (Å²) in [7, 11) is 0. The highest BCUT2D eigenvalue weighted by Gasteiger charge is 2.18. The molecule has 1 nitrogen and oxygen atoms in total. The second-order valence-electron chi connectivity index (χ2n) is 4.53. The maximum absolute atomic E-state index is 3.63. The Balaban J connectivity index is 2.45. The zero-order valence-corrected chi connectivity index (χ0v) is 9.22. The average molecular weight is 179 g/mol. The third-order valence-electron chi connectivity index (χ3n) is 2.75. The molecule has 13 heavy (non-hydrogen) atoms. The maximum atomic E-state index is 3.63. The molecule has 0 radical (unpaired) electrons. The highest BCUT2D eigenvalue weighted by molar-refractivity contribution is 5.23. The maximum Gasteiger partial charge on any atom is 0.0292 e. The van der Waals surface area contributed by atoms with Crippen molar-refractivity contribution in [2.45, 2.75) is 52.1 Å². The Labute approximate surface area is 81.9 Å². The summed E-state index contributed by atoms with van der Waals surface area (Å²) in [5.74, 6) is 0. The van der Waals surface area contributed by atoms with E-state index >= 15 is 0 Å². The van der Waals surface area contributed by atoms with E-state index in [0.29, 0.717) is 6.04 Å². The zero-order chi connectivity index (χ0) is 9.90. The first-order chi connectivity index (χ1) is 6.03. The van der Waals surface area contributed by atoms with Gasteiger partial charge < -0.3 is 5.32 Å². The molecule has 1 aliphatic carbocycles. The fraction of sp³-hybridized carbons (Fsp3) is 0.667. The minimum atomic E-state index is 0.258. The molecule has 1 atom stereocenters. The van der Waals surface area contributed by atoms with Gasteiger partial charge >= 0.3 is 0 Å². The molecule has 0 amide bonds. The van der Waals surface area contributed by atoms with Crippen LogP contribution in [0.4, 0.5) is 0 Å². The van der Waals surface area contributed by atoms with Crippen LogP contribution in [0.15, 0.2) is 23.8 Å². The van der Waals surface area contributed by atoms with Crippen molar-refractivity contribution in [2.24, 2.45) is 0 Å². The Morgan fingerprint density at radius 2 is 2.23 bits per heavy atom. The standard InChI is InChI=1S/C12H21N/c1-5-12(3,4)13-11-8-6-10(2)7-9-11/h6-8,11,13H,5,9H2,1-4H3. The van der Waals surface area contributed by atoms with Crippen molar-refractivity contribution in [3.63, 3.8) is 0 Å². The molecule has 1 aliphatic rings. The molecule has 0 aromatic heterocycles. The lowest BCUT2D eigenvalue weighted by Crippen LogP contribution is -2.44. The topological polar surface area (TPSA) is 12.0 Å². The molecule has 0 aromatic carbocycles. The minimum Gasteiger partial charge on any atom is -0.305 e. The number of nitrogens with one attached hydrogen (secondary N) is 1. The fourth-order valence-electron chi connectivity index (χ4n) is 1.44. The van der Waals surface area contributed by atoms with Crippen LogP contribution < -0.4 is 5.32 Å². The van der Waals surface area contributed by atoms with Crippen LogP contribution in [0.1, 0.15) is 40.5 Å². The Bertz CT molecular complexity index is 223. The van der Waals surface area contributed by atoms with Crippen LogP contribution in [0, 0.1) is 0 Å². The van der Waals surface area contributed by atoms with Gasteiger partial charge in [-0.2, -0.15) is 0 Å². The van der Waals surface area contributed by atoms with Gasteiger partial charge in [0, 0.05) is 11.6 Å². The SMILES string of the molecule is CCC(C)(C)NC1C=CC(C)=CC1. The smallest absolute Gasteiger partial charge is 0.0292 e. The van der Waals surface area contributed by atoms with Gasteiger partial charge in [0.2, 0.25) is 0 Å². The molecule has 0 aromatic rings. The molecule has 74 valence electrons. The first-order valence-electron chi connectivity index (χ1n) is 5.16. The lowest BCUT2D eigenvalue weighted by atomic mass is 9.97. The molecule has 1 unspecified atom stereocenters. The fourth-order valence-corrected chi connectivity index (χ4v) is 1.44. The van der Waals surface area contributed by atoms with Crippen LogP contribution in [0.2, 0.25) is 0 Å². The summed E-state index contributed by atoms with van der Waals surface area (Å²) >= 11 is 0. The lowest BCUT2D eigenvalue weighted by Gasteiger charge is -2.30. The van der Waals surface area contributed by atoms with Crippen LogP contribution >= 0.6 is 0 Å². The van der Waals surface area contributed by atoms with Gasteiger partial charge in [0.25, 0.3) is 0 Å². The van der Waals surface area contributed by atoms with E-state index in [0.717, 1.165) is 6.42 Å². The Hall–Kier alpha value is -0.560. The first kappa shape index (κ1) is 10.5. The van der Waals surface area contributed by atoms with E-state index in [9.17, 15) is 0 Å². The molecule has 1 N–H and O–H groups in total. The Morgan fingerprint density at radius 1 is 1.54 bits per heavy atom. The van der Waals surface area contributed by atoms with Crippen molar-refractivity contribution in [2.75, 3.05) is 0 Å². The van der Waals surface area contributed by atoms with E-state index in [1.807, 2.05) is 0 Å². The van der Waals surface area contributed by atoms with Gasteiger partial charge in [0.1, 0.15) is 0 Å². The van der Waals surface area contributed by atoms with Crippen LogP contribution in [0.3, 0.4) is 0 Å². The molecule has 1 heteroatoms. The van der Waals surface area contributed by atoms with E-state index in [1.165, 1.54) is 12.0 Å². The van der Waals surface area contributed by atoms with Crippen molar-refractivity contribution < 1.29 is 0 Å². The molecular weight excluding hydrogens is 158 g/mol. The van der Waals surface area contributed by atoms with Gasteiger partial charge in [-0.3, -0.25) is 0 Å². The summed E-state index contributed by atoms with van der Waals surface area (Å²) < 4.78 is 0. The highest BCUT2D eigenvalue weighted by Crippen LogP contribution is 2.15. The molecule has 0 fully saturated rings. The van der Waals surface area contributed by atoms with Crippen molar-refractivity contribution >= 4 is 0 Å². The molecule has 0 bridgehead atoms. The second kappa shape index (κ2) is 4.10. The summed E-state index contributed by atoms with van der Waals surface area (Å²) in [6.07, 6.45) is 9.06. The lowest BCUT2D eigenvalue weighted by molar-refractivity contribution is 0.348. The summed E-state index contributed by atoms with van der Waals surface area (Å²) in [5, 5.41) is 3.63. The monoisotopic (exact) mass is 179 g/mol. The van der Waals surface area contributed by atoms with Gasteiger partial charge in [-0.15, -0.1) is 0 Å². The van der Waals surface area contributed by atoms with Gasteiger partial charge in [-0.1, -0.05) is 30.7 Å². The van der Waals surface area contributed by atoms with Crippen molar-refractivity contribution in [1.82, 2.24) is 5.32 Å².